The van der Waals surface area contributed by atoms with Gasteiger partial charge in [-0.3, -0.25) is 4.79 Å². The summed E-state index contributed by atoms with van der Waals surface area (Å²) in [5, 5.41) is 0. The molecule has 0 unspecified atom stereocenters. The van der Waals surface area contributed by atoms with E-state index < -0.39 is 17.4 Å². The first-order valence-electron chi connectivity index (χ1n) is 8.10. The van der Waals surface area contributed by atoms with Crippen molar-refractivity contribution in [3.05, 3.63) is 33.1 Å². The molecule has 0 radical (unpaired) electrons. The third kappa shape index (κ3) is 3.07. The lowest BCUT2D eigenvalue weighted by molar-refractivity contribution is -0.144. The number of thioether (sulfide) groups is 1. The summed E-state index contributed by atoms with van der Waals surface area (Å²) in [7, 11) is 1.68. The van der Waals surface area contributed by atoms with Crippen LogP contribution in [0.5, 0.6) is 0 Å². The Morgan fingerprint density at radius 2 is 1.96 bits per heavy atom. The largest absolute Gasteiger partial charge is 0.431 e. The number of nitrogens with zero attached hydrogens (tertiary/aromatic N) is 3. The number of alkyl halides is 3. The number of hydrogen-bond acceptors (Lipinski definition) is 4. The fourth-order valence-electron chi connectivity index (χ4n) is 2.98. The Kier molecular flexibility index (Phi) is 4.96. The second kappa shape index (κ2) is 6.77. The summed E-state index contributed by atoms with van der Waals surface area (Å²) >= 11 is 3.18. The van der Waals surface area contributed by atoms with Gasteiger partial charge in [0.25, 0.3) is 5.56 Å². The first-order chi connectivity index (χ1) is 12.2. The molecule has 26 heavy (non-hydrogen) atoms. The molecule has 0 aliphatic heterocycles. The van der Waals surface area contributed by atoms with Crippen molar-refractivity contribution in [2.45, 2.75) is 38.4 Å². The molecule has 3 aromatic rings. The van der Waals surface area contributed by atoms with Gasteiger partial charge in [-0.15, -0.1) is 23.1 Å². The summed E-state index contributed by atoms with van der Waals surface area (Å²) in [6.45, 7) is 5.48. The number of aromatic nitrogens is 3. The summed E-state index contributed by atoms with van der Waals surface area (Å²) < 4.78 is 42.4. The fourth-order valence-corrected chi connectivity index (χ4v) is 5.08. The van der Waals surface area contributed by atoms with E-state index in [0.29, 0.717) is 5.82 Å². The topological polar surface area (TPSA) is 39.8 Å². The van der Waals surface area contributed by atoms with Gasteiger partial charge in [0.05, 0.1) is 10.4 Å². The molecule has 0 spiro atoms. The van der Waals surface area contributed by atoms with Crippen LogP contribution in [0, 0.1) is 6.92 Å². The molecule has 3 heterocycles. The number of hydrogen-bond donors (Lipinski definition) is 0. The molecule has 140 valence electrons. The fraction of sp³-hybridized carbons (Fsp3) is 0.412. The van der Waals surface area contributed by atoms with Crippen molar-refractivity contribution < 1.29 is 13.2 Å². The highest BCUT2D eigenvalue weighted by Crippen LogP contribution is 2.39. The zero-order valence-corrected chi connectivity index (χ0v) is 16.4. The molecule has 3 aromatic heterocycles. The maximum absolute atomic E-state index is 13.3. The van der Waals surface area contributed by atoms with Crippen LogP contribution in [0.2, 0.25) is 0 Å². The molecular weight excluding hydrogens is 383 g/mol. The zero-order chi connectivity index (χ0) is 19.2. The van der Waals surface area contributed by atoms with Gasteiger partial charge < -0.3 is 9.13 Å². The molecule has 4 nitrogen and oxygen atoms in total. The molecule has 0 aliphatic rings. The van der Waals surface area contributed by atoms with Gasteiger partial charge in [0, 0.05) is 23.4 Å². The smallest absolute Gasteiger partial charge is 0.322 e. The third-order valence-electron chi connectivity index (χ3n) is 4.06. The predicted octanol–water partition coefficient (Wildman–Crippen LogP) is 4.92. The lowest BCUT2D eigenvalue weighted by atomic mass is 10.3. The maximum atomic E-state index is 13.3. The van der Waals surface area contributed by atoms with E-state index in [1.54, 1.807) is 23.4 Å². The van der Waals surface area contributed by atoms with Crippen molar-refractivity contribution >= 4 is 34.1 Å². The van der Waals surface area contributed by atoms with Crippen LogP contribution < -0.4 is 5.56 Å². The highest BCUT2D eigenvalue weighted by molar-refractivity contribution is 7.99. The minimum atomic E-state index is -4.61. The maximum Gasteiger partial charge on any atom is 0.431 e. The van der Waals surface area contributed by atoms with Gasteiger partial charge in [-0.25, -0.2) is 4.98 Å². The van der Waals surface area contributed by atoms with Crippen LogP contribution in [0.4, 0.5) is 13.2 Å². The number of imidazole rings is 1. The van der Waals surface area contributed by atoms with Crippen LogP contribution in [-0.2, 0) is 19.8 Å². The number of halogens is 3. The SMILES string of the molecule is CCSc1cc(C)sc1-c1nc2cc(C(F)(F)F)n(CC)c(=O)c2n1C. The Labute approximate surface area is 156 Å². The Bertz CT molecular complexity index is 1030. The van der Waals surface area contributed by atoms with Gasteiger partial charge in [0.15, 0.2) is 5.82 Å². The van der Waals surface area contributed by atoms with Crippen molar-refractivity contribution in [3.63, 3.8) is 0 Å². The summed E-state index contributed by atoms with van der Waals surface area (Å²) in [5.41, 5.74) is -1.37. The Morgan fingerprint density at radius 1 is 1.27 bits per heavy atom. The number of aryl methyl sites for hydroxylation is 2. The minimum absolute atomic E-state index is 0.0564. The summed E-state index contributed by atoms with van der Waals surface area (Å²) in [6.07, 6.45) is -4.61. The van der Waals surface area contributed by atoms with Crippen LogP contribution in [0.15, 0.2) is 21.8 Å². The molecule has 0 saturated carbocycles. The molecule has 0 amide bonds. The number of pyridine rings is 1. The summed E-state index contributed by atoms with van der Waals surface area (Å²) in [6, 6.07) is 3.01. The lowest BCUT2D eigenvalue weighted by Gasteiger charge is -2.13. The van der Waals surface area contributed by atoms with E-state index in [1.807, 2.05) is 19.9 Å². The second-order valence-corrected chi connectivity index (χ2v) is 8.35. The second-order valence-electron chi connectivity index (χ2n) is 5.79. The van der Waals surface area contributed by atoms with Crippen molar-refractivity contribution in [1.82, 2.24) is 14.1 Å². The molecule has 0 saturated heterocycles. The number of fused-ring (bicyclic) bond motifs is 1. The molecule has 0 bridgehead atoms. The molecule has 0 aromatic carbocycles. The van der Waals surface area contributed by atoms with E-state index >= 15 is 0 Å². The van der Waals surface area contributed by atoms with E-state index in [9.17, 15) is 18.0 Å². The molecule has 0 fully saturated rings. The quantitative estimate of drug-likeness (QED) is 0.583. The van der Waals surface area contributed by atoms with E-state index in [4.69, 9.17) is 0 Å². The highest BCUT2D eigenvalue weighted by Gasteiger charge is 2.35. The van der Waals surface area contributed by atoms with Crippen LogP contribution >= 0.6 is 23.1 Å². The summed E-state index contributed by atoms with van der Waals surface area (Å²) in [4.78, 5) is 20.1. The third-order valence-corrected chi connectivity index (χ3v) is 6.16. The molecular formula is C17H18F3N3OS2. The summed E-state index contributed by atoms with van der Waals surface area (Å²) in [5.74, 6) is 1.39. The van der Waals surface area contributed by atoms with Crippen LogP contribution in [0.3, 0.4) is 0 Å². The highest BCUT2D eigenvalue weighted by atomic mass is 32.2. The van der Waals surface area contributed by atoms with E-state index in [1.165, 1.54) is 18.3 Å². The lowest BCUT2D eigenvalue weighted by Crippen LogP contribution is -2.28. The van der Waals surface area contributed by atoms with Gasteiger partial charge in [0.1, 0.15) is 11.2 Å². The number of thiophene rings is 1. The first kappa shape index (κ1) is 19.0. The van der Waals surface area contributed by atoms with Crippen LogP contribution in [-0.4, -0.2) is 19.9 Å². The van der Waals surface area contributed by atoms with Crippen LogP contribution in [0.1, 0.15) is 24.4 Å². The van der Waals surface area contributed by atoms with Gasteiger partial charge in [-0.2, -0.15) is 13.2 Å². The van der Waals surface area contributed by atoms with Crippen molar-refractivity contribution in [1.29, 1.82) is 0 Å². The van der Waals surface area contributed by atoms with E-state index in [0.717, 1.165) is 31.0 Å². The number of rotatable bonds is 4. The van der Waals surface area contributed by atoms with Crippen LogP contribution in [0.25, 0.3) is 21.7 Å². The molecule has 0 N–H and O–H groups in total. The van der Waals surface area contributed by atoms with Crippen molar-refractivity contribution in [2.75, 3.05) is 5.75 Å². The molecule has 0 atom stereocenters. The van der Waals surface area contributed by atoms with E-state index in [2.05, 4.69) is 4.98 Å². The average molecular weight is 401 g/mol. The molecule has 3 rings (SSSR count). The predicted molar refractivity (Wildman–Crippen MR) is 100 cm³/mol. The van der Waals surface area contributed by atoms with Gasteiger partial charge >= 0.3 is 6.18 Å². The first-order valence-corrected chi connectivity index (χ1v) is 9.90. The monoisotopic (exact) mass is 401 g/mol. The van der Waals surface area contributed by atoms with Gasteiger partial charge in [-0.1, -0.05) is 6.92 Å². The Balaban J connectivity index is 2.34. The normalized spacial score (nSPS) is 12.3. The standard InChI is InChI=1S/C17H18F3N3OS2/c1-5-23-12(17(18,19)20)8-10-13(16(23)24)22(4)15(21-10)14-11(25-6-2)7-9(3)26-14/h7-8H,5-6H2,1-4H3. The van der Waals surface area contributed by atoms with E-state index in [-0.39, 0.29) is 17.6 Å². The Hall–Kier alpha value is -1.74. The van der Waals surface area contributed by atoms with Gasteiger partial charge in [0.2, 0.25) is 0 Å². The van der Waals surface area contributed by atoms with Crippen molar-refractivity contribution in [3.8, 4) is 10.7 Å². The average Bonchev–Trinajstić information content (AvgIpc) is 3.07. The zero-order valence-electron chi connectivity index (χ0n) is 14.8. The van der Waals surface area contributed by atoms with Crippen molar-refractivity contribution in [2.24, 2.45) is 7.05 Å². The van der Waals surface area contributed by atoms with Gasteiger partial charge in [-0.05, 0) is 31.7 Å². The molecule has 9 heteroatoms. The molecule has 0 aliphatic carbocycles. The minimum Gasteiger partial charge on any atom is -0.322 e. The Morgan fingerprint density at radius 3 is 2.54 bits per heavy atom.